The van der Waals surface area contributed by atoms with E-state index >= 15 is 0 Å². The third-order valence-corrected chi connectivity index (χ3v) is 10.1. The van der Waals surface area contributed by atoms with Gasteiger partial charge in [-0.25, -0.2) is 0 Å². The zero-order valence-corrected chi connectivity index (χ0v) is 24.1. The van der Waals surface area contributed by atoms with Gasteiger partial charge in [-0.2, -0.15) is 0 Å². The maximum atomic E-state index is 6.67. The number of fused-ring (bicyclic) bond motifs is 11. The van der Waals surface area contributed by atoms with Crippen LogP contribution in [0.2, 0.25) is 0 Å². The highest BCUT2D eigenvalue weighted by Gasteiger charge is 2.54. The summed E-state index contributed by atoms with van der Waals surface area (Å²) in [6.07, 6.45) is 0. The highest BCUT2D eigenvalue weighted by atomic mass is 16.7. The Labute approximate surface area is 245 Å². The van der Waals surface area contributed by atoms with Crippen LogP contribution in [0.5, 0.6) is 11.5 Å². The van der Waals surface area contributed by atoms with Gasteiger partial charge in [-0.05, 0) is 68.6 Å². The van der Waals surface area contributed by atoms with Gasteiger partial charge >= 0.3 is 7.12 Å². The molecule has 1 unspecified atom stereocenters. The lowest BCUT2D eigenvalue weighted by Gasteiger charge is -2.45. The van der Waals surface area contributed by atoms with Crippen molar-refractivity contribution in [1.82, 2.24) is 4.57 Å². The van der Waals surface area contributed by atoms with E-state index < -0.39 is 23.7 Å². The van der Waals surface area contributed by atoms with Crippen molar-refractivity contribution < 1.29 is 14.0 Å². The number of hydrogen-bond donors (Lipinski definition) is 0. The highest BCUT2D eigenvalue weighted by molar-refractivity contribution is 6.62. The average Bonchev–Trinajstić information content (AvgIpc) is 3.45. The van der Waals surface area contributed by atoms with Gasteiger partial charge < -0.3 is 18.6 Å². The van der Waals surface area contributed by atoms with E-state index in [1.165, 1.54) is 38.6 Å². The lowest BCUT2D eigenvalue weighted by atomic mass is 9.60. The summed E-state index contributed by atoms with van der Waals surface area (Å²) < 4.78 is 22.2. The molecular formula is C37H30BNO3. The molecule has 4 nitrogen and oxygen atoms in total. The van der Waals surface area contributed by atoms with Crippen LogP contribution in [0.4, 0.5) is 0 Å². The Morgan fingerprint density at radius 3 is 2.05 bits per heavy atom. The van der Waals surface area contributed by atoms with Gasteiger partial charge in [0.2, 0.25) is 0 Å². The monoisotopic (exact) mass is 547 g/mol. The fourth-order valence-electron chi connectivity index (χ4n) is 7.47. The highest BCUT2D eigenvalue weighted by Crippen LogP contribution is 2.60. The first-order valence-corrected chi connectivity index (χ1v) is 14.7. The first-order valence-electron chi connectivity index (χ1n) is 14.7. The molecule has 0 bridgehead atoms. The first-order chi connectivity index (χ1) is 20.3. The number of para-hydroxylation sites is 4. The Hall–Kier alpha value is -4.32. The lowest BCUT2D eigenvalue weighted by molar-refractivity contribution is 0.00578. The molecule has 3 aliphatic rings. The van der Waals surface area contributed by atoms with Crippen LogP contribution in [0.3, 0.4) is 0 Å². The van der Waals surface area contributed by atoms with Crippen LogP contribution in [0.15, 0.2) is 109 Å². The van der Waals surface area contributed by atoms with Crippen LogP contribution < -0.4 is 10.2 Å². The summed E-state index contributed by atoms with van der Waals surface area (Å²) in [5, 5.41) is 2.51. The molecule has 5 heteroatoms. The molecule has 0 amide bonds. The van der Waals surface area contributed by atoms with E-state index in [0.29, 0.717) is 0 Å². The van der Waals surface area contributed by atoms with E-state index in [1.807, 2.05) is 0 Å². The Bertz CT molecular complexity index is 2090. The van der Waals surface area contributed by atoms with Gasteiger partial charge in [-0.15, -0.1) is 0 Å². The van der Waals surface area contributed by atoms with Crippen molar-refractivity contribution in [2.45, 2.75) is 44.3 Å². The standard InChI is InChI=1S/C37H30BNO3/c1-35(2)36(3,4)42-38(41-35)23-20-21-33-29(22-23)37(27-15-7-10-19-32(27)40-33)26-14-6-9-18-31(26)39-30-17-8-5-12-24(30)25-13-11-16-28(37)34(25)39/h5-22H,1-4H3. The second-order valence-electron chi connectivity index (χ2n) is 12.8. The van der Waals surface area contributed by atoms with E-state index in [4.69, 9.17) is 14.0 Å². The smallest absolute Gasteiger partial charge is 0.457 e. The molecule has 1 fully saturated rings. The molecule has 1 aromatic heterocycles. The molecule has 204 valence electrons. The van der Waals surface area contributed by atoms with Crippen LogP contribution in [0.25, 0.3) is 27.5 Å². The van der Waals surface area contributed by atoms with Crippen LogP contribution >= 0.6 is 0 Å². The van der Waals surface area contributed by atoms with Crippen LogP contribution in [0, 0.1) is 0 Å². The molecule has 4 heterocycles. The van der Waals surface area contributed by atoms with E-state index in [0.717, 1.165) is 28.1 Å². The van der Waals surface area contributed by atoms with Crippen LogP contribution in [-0.4, -0.2) is 22.9 Å². The number of benzene rings is 5. The van der Waals surface area contributed by atoms with Crippen molar-refractivity contribution in [2.24, 2.45) is 0 Å². The summed E-state index contributed by atoms with van der Waals surface area (Å²) in [6, 6.07) is 39.3. The van der Waals surface area contributed by atoms with Crippen molar-refractivity contribution in [3.63, 3.8) is 0 Å². The number of nitrogens with zero attached hydrogens (tertiary/aromatic N) is 1. The quantitative estimate of drug-likeness (QED) is 0.196. The number of hydrogen-bond acceptors (Lipinski definition) is 3. The fraction of sp³-hybridized carbons (Fsp3) is 0.189. The summed E-state index contributed by atoms with van der Waals surface area (Å²) >= 11 is 0. The molecule has 0 N–H and O–H groups in total. The van der Waals surface area contributed by atoms with E-state index in [-0.39, 0.29) is 0 Å². The normalized spacial score (nSPS) is 20.8. The van der Waals surface area contributed by atoms with E-state index in [9.17, 15) is 0 Å². The summed E-state index contributed by atoms with van der Waals surface area (Å²) in [6.45, 7) is 8.40. The molecule has 42 heavy (non-hydrogen) atoms. The molecule has 0 radical (unpaired) electrons. The first kappa shape index (κ1) is 24.3. The molecule has 1 atom stereocenters. The Kier molecular flexibility index (Phi) is 4.60. The van der Waals surface area contributed by atoms with Crippen molar-refractivity contribution >= 4 is 34.4 Å². The SMILES string of the molecule is CC1(C)OB(c2ccc3c(c2)C2(c4ccccc4O3)c3ccccc3-n3c4ccccc4c4cccc2c43)OC1(C)C. The Morgan fingerprint density at radius 2 is 1.21 bits per heavy atom. The van der Waals surface area contributed by atoms with Crippen molar-refractivity contribution in [1.29, 1.82) is 0 Å². The number of rotatable bonds is 1. The molecule has 9 rings (SSSR count). The van der Waals surface area contributed by atoms with Gasteiger partial charge in [-0.1, -0.05) is 84.9 Å². The predicted octanol–water partition coefficient (Wildman–Crippen LogP) is 7.88. The van der Waals surface area contributed by atoms with E-state index in [1.54, 1.807) is 0 Å². The van der Waals surface area contributed by atoms with Gasteiger partial charge in [0.15, 0.2) is 0 Å². The number of aromatic nitrogens is 1. The zero-order valence-electron chi connectivity index (χ0n) is 24.1. The predicted molar refractivity (Wildman–Crippen MR) is 168 cm³/mol. The van der Waals surface area contributed by atoms with Crippen molar-refractivity contribution in [3.8, 4) is 17.2 Å². The molecule has 6 aromatic rings. The molecule has 0 aliphatic carbocycles. The van der Waals surface area contributed by atoms with Crippen LogP contribution in [0.1, 0.15) is 49.9 Å². The second-order valence-corrected chi connectivity index (χ2v) is 12.8. The van der Waals surface area contributed by atoms with E-state index in [2.05, 4.69) is 141 Å². The second kappa shape index (κ2) is 7.94. The van der Waals surface area contributed by atoms with Crippen molar-refractivity contribution in [2.75, 3.05) is 0 Å². The summed E-state index contributed by atoms with van der Waals surface area (Å²) in [5.74, 6) is 1.73. The van der Waals surface area contributed by atoms with Gasteiger partial charge in [0.1, 0.15) is 11.5 Å². The van der Waals surface area contributed by atoms with Crippen molar-refractivity contribution in [3.05, 3.63) is 131 Å². The minimum absolute atomic E-state index is 0.432. The molecule has 5 aromatic carbocycles. The lowest BCUT2D eigenvalue weighted by Crippen LogP contribution is -2.41. The molecule has 0 saturated carbocycles. The largest absolute Gasteiger partial charge is 0.494 e. The van der Waals surface area contributed by atoms with Gasteiger partial charge in [0, 0.05) is 21.9 Å². The average molecular weight is 547 g/mol. The van der Waals surface area contributed by atoms with Gasteiger partial charge in [-0.3, -0.25) is 0 Å². The molecule has 3 aliphatic heterocycles. The molecule has 1 saturated heterocycles. The number of ether oxygens (including phenoxy) is 1. The fourth-order valence-corrected chi connectivity index (χ4v) is 7.47. The topological polar surface area (TPSA) is 32.6 Å². The molecular weight excluding hydrogens is 517 g/mol. The summed E-state index contributed by atoms with van der Waals surface area (Å²) in [5.41, 5.74) is 7.88. The minimum Gasteiger partial charge on any atom is -0.457 e. The van der Waals surface area contributed by atoms with Crippen LogP contribution in [-0.2, 0) is 14.7 Å². The Balaban J connectivity index is 1.43. The third-order valence-electron chi connectivity index (χ3n) is 10.1. The molecule has 1 spiro atoms. The van der Waals surface area contributed by atoms with Gasteiger partial charge in [0.25, 0.3) is 0 Å². The minimum atomic E-state index is -0.607. The van der Waals surface area contributed by atoms with Gasteiger partial charge in [0.05, 0.1) is 33.3 Å². The summed E-state index contributed by atoms with van der Waals surface area (Å²) in [4.78, 5) is 0. The summed E-state index contributed by atoms with van der Waals surface area (Å²) in [7, 11) is -0.476. The zero-order chi connectivity index (χ0) is 28.4. The maximum Gasteiger partial charge on any atom is 0.494 e. The maximum absolute atomic E-state index is 6.67. The third kappa shape index (κ3) is 2.85. The Morgan fingerprint density at radius 1 is 0.571 bits per heavy atom.